The predicted molar refractivity (Wildman–Crippen MR) is 72.3 cm³/mol. The first-order chi connectivity index (χ1) is 8.13. The number of nitrogens with one attached hydrogen (secondary N) is 1. The van der Waals surface area contributed by atoms with E-state index in [9.17, 15) is 0 Å². The smallest absolute Gasteiger partial charge is 0.142 e. The SMILES string of the molecule is CNCC(C)(C)c1csc(-c2ccccn2)n1. The van der Waals surface area contributed by atoms with Crippen LogP contribution in [0.25, 0.3) is 10.7 Å². The molecule has 0 unspecified atom stereocenters. The molecule has 0 aliphatic heterocycles. The van der Waals surface area contributed by atoms with E-state index >= 15 is 0 Å². The van der Waals surface area contributed by atoms with E-state index in [1.165, 1.54) is 0 Å². The molecule has 2 heterocycles. The monoisotopic (exact) mass is 247 g/mol. The minimum absolute atomic E-state index is 0.0538. The molecule has 4 heteroatoms. The number of aromatic nitrogens is 2. The highest BCUT2D eigenvalue weighted by Gasteiger charge is 2.23. The zero-order chi connectivity index (χ0) is 12.3. The van der Waals surface area contributed by atoms with Crippen molar-refractivity contribution in [1.82, 2.24) is 15.3 Å². The Morgan fingerprint density at radius 3 is 2.82 bits per heavy atom. The summed E-state index contributed by atoms with van der Waals surface area (Å²) in [6, 6.07) is 5.90. The number of likely N-dealkylation sites (N-methyl/N-ethyl adjacent to an activating group) is 1. The normalized spacial score (nSPS) is 11.7. The second-order valence-electron chi connectivity index (χ2n) is 4.67. The standard InChI is InChI=1S/C13H17N3S/c1-13(2,9-14-3)11-8-17-12(16-11)10-6-4-5-7-15-10/h4-8,14H,9H2,1-3H3. The van der Waals surface area contributed by atoms with E-state index in [2.05, 4.69) is 34.5 Å². The summed E-state index contributed by atoms with van der Waals surface area (Å²) < 4.78 is 0. The topological polar surface area (TPSA) is 37.8 Å². The zero-order valence-corrected chi connectivity index (χ0v) is 11.2. The molecule has 0 bridgehead atoms. The third-order valence-corrected chi connectivity index (χ3v) is 3.57. The van der Waals surface area contributed by atoms with Gasteiger partial charge in [-0.3, -0.25) is 4.98 Å². The zero-order valence-electron chi connectivity index (χ0n) is 10.4. The highest BCUT2D eigenvalue weighted by molar-refractivity contribution is 7.13. The van der Waals surface area contributed by atoms with Crippen LogP contribution in [0, 0.1) is 0 Å². The van der Waals surface area contributed by atoms with Crippen LogP contribution in [0.2, 0.25) is 0 Å². The molecular weight excluding hydrogens is 230 g/mol. The Morgan fingerprint density at radius 1 is 1.35 bits per heavy atom. The maximum absolute atomic E-state index is 4.69. The molecule has 0 amide bonds. The van der Waals surface area contributed by atoms with Gasteiger partial charge in [0.2, 0.25) is 0 Å². The Bertz CT molecular complexity index is 476. The van der Waals surface area contributed by atoms with Crippen LogP contribution in [0.1, 0.15) is 19.5 Å². The maximum Gasteiger partial charge on any atom is 0.142 e. The summed E-state index contributed by atoms with van der Waals surface area (Å²) in [6.45, 7) is 5.31. The first-order valence-electron chi connectivity index (χ1n) is 5.65. The predicted octanol–water partition coefficient (Wildman–Crippen LogP) is 2.70. The van der Waals surface area contributed by atoms with E-state index in [0.29, 0.717) is 0 Å². The van der Waals surface area contributed by atoms with Crippen molar-refractivity contribution in [3.63, 3.8) is 0 Å². The Kier molecular flexibility index (Phi) is 3.54. The van der Waals surface area contributed by atoms with Crippen molar-refractivity contribution < 1.29 is 0 Å². The van der Waals surface area contributed by atoms with Crippen LogP contribution in [-0.2, 0) is 5.41 Å². The van der Waals surface area contributed by atoms with Gasteiger partial charge in [0.05, 0.1) is 11.4 Å². The summed E-state index contributed by atoms with van der Waals surface area (Å²) in [5.41, 5.74) is 2.12. The Balaban J connectivity index is 2.28. The van der Waals surface area contributed by atoms with E-state index in [1.807, 2.05) is 25.2 Å². The van der Waals surface area contributed by atoms with Gasteiger partial charge in [0, 0.05) is 23.5 Å². The van der Waals surface area contributed by atoms with Gasteiger partial charge in [-0.05, 0) is 19.2 Å². The highest BCUT2D eigenvalue weighted by atomic mass is 32.1. The number of hydrogen-bond donors (Lipinski definition) is 1. The molecule has 0 aliphatic rings. The molecule has 0 aliphatic carbocycles. The minimum Gasteiger partial charge on any atom is -0.319 e. The summed E-state index contributed by atoms with van der Waals surface area (Å²) in [6.07, 6.45) is 1.80. The lowest BCUT2D eigenvalue weighted by Crippen LogP contribution is -2.30. The van der Waals surface area contributed by atoms with E-state index in [4.69, 9.17) is 0 Å². The molecule has 0 aromatic carbocycles. The molecule has 1 N–H and O–H groups in total. The number of rotatable bonds is 4. The molecular formula is C13H17N3S. The molecule has 2 rings (SSSR count). The lowest BCUT2D eigenvalue weighted by Gasteiger charge is -2.21. The Labute approximate surface area is 106 Å². The fourth-order valence-corrected chi connectivity index (χ4v) is 2.71. The molecule has 0 saturated heterocycles. The van der Waals surface area contributed by atoms with Gasteiger partial charge in [0.15, 0.2) is 0 Å². The fraction of sp³-hybridized carbons (Fsp3) is 0.385. The minimum atomic E-state index is 0.0538. The molecule has 0 fully saturated rings. The van der Waals surface area contributed by atoms with E-state index < -0.39 is 0 Å². The van der Waals surface area contributed by atoms with Gasteiger partial charge < -0.3 is 5.32 Å². The van der Waals surface area contributed by atoms with Gasteiger partial charge in [-0.15, -0.1) is 11.3 Å². The average Bonchev–Trinajstić information content (AvgIpc) is 2.80. The fourth-order valence-electron chi connectivity index (χ4n) is 1.72. The molecule has 0 saturated carbocycles. The lowest BCUT2D eigenvalue weighted by molar-refractivity contribution is 0.483. The Morgan fingerprint density at radius 2 is 2.18 bits per heavy atom. The molecule has 17 heavy (non-hydrogen) atoms. The van der Waals surface area contributed by atoms with Crippen molar-refractivity contribution >= 4 is 11.3 Å². The first-order valence-corrected chi connectivity index (χ1v) is 6.53. The third kappa shape index (κ3) is 2.70. The summed E-state index contributed by atoms with van der Waals surface area (Å²) in [7, 11) is 1.97. The van der Waals surface area contributed by atoms with Gasteiger partial charge >= 0.3 is 0 Å². The summed E-state index contributed by atoms with van der Waals surface area (Å²) in [5, 5.41) is 6.32. The second-order valence-corrected chi connectivity index (χ2v) is 5.53. The lowest BCUT2D eigenvalue weighted by atomic mass is 9.90. The summed E-state index contributed by atoms with van der Waals surface area (Å²) >= 11 is 1.65. The van der Waals surface area contributed by atoms with Crippen molar-refractivity contribution in [2.45, 2.75) is 19.3 Å². The van der Waals surface area contributed by atoms with Crippen LogP contribution in [0.15, 0.2) is 29.8 Å². The van der Waals surface area contributed by atoms with Crippen molar-refractivity contribution in [2.24, 2.45) is 0 Å². The molecule has 90 valence electrons. The summed E-state index contributed by atoms with van der Waals surface area (Å²) in [4.78, 5) is 9.01. The van der Waals surface area contributed by atoms with Crippen molar-refractivity contribution in [3.05, 3.63) is 35.5 Å². The average molecular weight is 247 g/mol. The molecule has 0 spiro atoms. The number of nitrogens with zero attached hydrogens (tertiary/aromatic N) is 2. The van der Waals surface area contributed by atoms with Crippen LogP contribution in [0.5, 0.6) is 0 Å². The summed E-state index contributed by atoms with van der Waals surface area (Å²) in [5.74, 6) is 0. The van der Waals surface area contributed by atoms with Crippen LogP contribution in [0.3, 0.4) is 0 Å². The van der Waals surface area contributed by atoms with Crippen molar-refractivity contribution in [3.8, 4) is 10.7 Å². The molecule has 2 aromatic heterocycles. The van der Waals surface area contributed by atoms with Crippen LogP contribution < -0.4 is 5.32 Å². The van der Waals surface area contributed by atoms with Crippen molar-refractivity contribution in [2.75, 3.05) is 13.6 Å². The Hall–Kier alpha value is -1.26. The van der Waals surface area contributed by atoms with Gasteiger partial charge in [0.1, 0.15) is 5.01 Å². The van der Waals surface area contributed by atoms with Crippen molar-refractivity contribution in [1.29, 1.82) is 0 Å². The molecule has 0 atom stereocenters. The largest absolute Gasteiger partial charge is 0.319 e. The van der Waals surface area contributed by atoms with Crippen LogP contribution in [-0.4, -0.2) is 23.6 Å². The van der Waals surface area contributed by atoms with Gasteiger partial charge in [-0.1, -0.05) is 19.9 Å². The molecule has 3 nitrogen and oxygen atoms in total. The van der Waals surface area contributed by atoms with Gasteiger partial charge in [0.25, 0.3) is 0 Å². The van der Waals surface area contributed by atoms with Gasteiger partial charge in [-0.2, -0.15) is 0 Å². The third-order valence-electron chi connectivity index (χ3n) is 2.70. The number of pyridine rings is 1. The maximum atomic E-state index is 4.69. The van der Waals surface area contributed by atoms with Crippen LogP contribution >= 0.6 is 11.3 Å². The number of hydrogen-bond acceptors (Lipinski definition) is 4. The number of thiazole rings is 1. The van der Waals surface area contributed by atoms with E-state index in [1.54, 1.807) is 17.5 Å². The van der Waals surface area contributed by atoms with E-state index in [0.717, 1.165) is 22.9 Å². The quantitative estimate of drug-likeness (QED) is 0.902. The molecule has 2 aromatic rings. The molecule has 0 radical (unpaired) electrons. The van der Waals surface area contributed by atoms with E-state index in [-0.39, 0.29) is 5.41 Å². The highest BCUT2D eigenvalue weighted by Crippen LogP contribution is 2.28. The van der Waals surface area contributed by atoms with Gasteiger partial charge in [-0.25, -0.2) is 4.98 Å². The second kappa shape index (κ2) is 4.94. The first kappa shape index (κ1) is 12.2. The van der Waals surface area contributed by atoms with Crippen LogP contribution in [0.4, 0.5) is 0 Å².